The van der Waals surface area contributed by atoms with Crippen LogP contribution in [0.25, 0.3) is 0 Å². The number of carbonyl (C=O) groups is 3. The minimum absolute atomic E-state index is 0.177. The van der Waals surface area contributed by atoms with Crippen molar-refractivity contribution < 1.29 is 42.9 Å². The van der Waals surface area contributed by atoms with E-state index in [-0.39, 0.29) is 32.2 Å². The van der Waals surface area contributed by atoms with Crippen molar-refractivity contribution in [3.05, 3.63) is 146 Å². The number of rotatable bonds is 75. The number of allylic oxidation sites excluding steroid dienone is 24. The molecule has 0 amide bonds. The Hall–Kier alpha value is -4.83. The topological polar surface area (TPSA) is 108 Å². The molecule has 0 aliphatic carbocycles. The summed E-state index contributed by atoms with van der Waals surface area (Å²) in [7, 11) is 5.97. The fourth-order valence-electron chi connectivity index (χ4n) is 11.4. The van der Waals surface area contributed by atoms with Gasteiger partial charge in [-0.05, 0) is 122 Å². The summed E-state index contributed by atoms with van der Waals surface area (Å²) >= 11 is 0. The SMILES string of the molecule is CC/C=C\C/C=C\C/C=C\C/C=C\C/C=C\C/C=C\C/C=C\C/C=C\C/C=C\C/C=C\CCCCCCC(=O)OC(COC(=O)CCCCCCCCCCCCCCCCCCCCCCCCCCCCC/C=C\C/C=C\CCCCCCC)COC(OCC[N+](C)(C)C)C(=O)O. The molecule has 0 aliphatic heterocycles. The van der Waals surface area contributed by atoms with Gasteiger partial charge < -0.3 is 28.5 Å². The molecule has 0 fully saturated rings. The molecule has 0 aromatic rings. The van der Waals surface area contributed by atoms with Gasteiger partial charge in [0.05, 0.1) is 34.4 Å². The number of likely N-dealkylation sites (N-methyl/N-ethyl adjacent to an activating group) is 1. The largest absolute Gasteiger partial charge is 0.477 e. The lowest BCUT2D eigenvalue weighted by Crippen LogP contribution is -2.40. The standard InChI is InChI=1S/C90H153NO8/c1-6-8-10-12-14-16-18-20-22-24-26-28-30-32-34-36-38-40-42-43-44-45-47-48-50-52-54-56-58-60-62-64-66-68-70-72-74-76-78-80-87(92)97-84-86(85-98-90(89(94)95)96-83-82-91(3,4)5)99-88(93)81-79-77-75-73-71-69-67-65-63-61-59-57-55-53-51-49-46-41-39-37-35-33-31-29-27-25-23-21-19-17-15-13-11-9-7-2/h9,11,15,17-18,20-21,23-24,26-27,29,33,35,39,41,49,51,55,57,61,63,67,69,86,90H,6-8,10,12-14,16,19,22,25,28,30-32,34,36-38,40,42-48,50,52-54,56,58-60,62,64-66,68,70-85H2,1-5H3/p+1/b11-9-,17-15-,20-18-,23-21-,26-24-,29-27-,35-33-,41-39-,51-49-,57-55-,63-61-,69-67-. The lowest BCUT2D eigenvalue weighted by Gasteiger charge is -2.25. The van der Waals surface area contributed by atoms with Crippen molar-refractivity contribution in [2.24, 2.45) is 0 Å². The molecule has 2 atom stereocenters. The highest BCUT2D eigenvalue weighted by Crippen LogP contribution is 2.18. The van der Waals surface area contributed by atoms with E-state index in [1.807, 2.05) is 21.1 Å². The molecule has 566 valence electrons. The number of unbranched alkanes of at least 4 members (excludes halogenated alkanes) is 36. The van der Waals surface area contributed by atoms with E-state index in [4.69, 9.17) is 18.9 Å². The molecule has 0 bridgehead atoms. The van der Waals surface area contributed by atoms with E-state index < -0.39 is 24.3 Å². The number of hydrogen-bond acceptors (Lipinski definition) is 7. The normalized spacial score (nSPS) is 13.4. The fourth-order valence-corrected chi connectivity index (χ4v) is 11.4. The first-order valence-electron chi connectivity index (χ1n) is 41.0. The lowest BCUT2D eigenvalue weighted by atomic mass is 10.0. The lowest BCUT2D eigenvalue weighted by molar-refractivity contribution is -0.870. The molecule has 0 spiro atoms. The molecule has 0 saturated carbocycles. The summed E-state index contributed by atoms with van der Waals surface area (Å²) in [5, 5.41) is 9.77. The van der Waals surface area contributed by atoms with Crippen LogP contribution in [0.2, 0.25) is 0 Å². The summed E-state index contributed by atoms with van der Waals surface area (Å²) in [5.74, 6) is -2.04. The Morgan fingerprint density at radius 1 is 0.313 bits per heavy atom. The minimum Gasteiger partial charge on any atom is -0.477 e. The van der Waals surface area contributed by atoms with Crippen LogP contribution >= 0.6 is 0 Å². The highest BCUT2D eigenvalue weighted by molar-refractivity contribution is 5.71. The van der Waals surface area contributed by atoms with E-state index in [0.717, 1.165) is 116 Å². The maximum Gasteiger partial charge on any atom is 0.361 e. The number of quaternary nitrogens is 1. The second-order valence-corrected chi connectivity index (χ2v) is 28.3. The zero-order chi connectivity index (χ0) is 71.8. The van der Waals surface area contributed by atoms with E-state index in [1.165, 1.54) is 199 Å². The number of hydrogen-bond donors (Lipinski definition) is 1. The van der Waals surface area contributed by atoms with Gasteiger partial charge in [-0.3, -0.25) is 9.59 Å². The third-order valence-corrected chi connectivity index (χ3v) is 17.6. The highest BCUT2D eigenvalue weighted by Gasteiger charge is 2.25. The molecule has 1 N–H and O–H groups in total. The second-order valence-electron chi connectivity index (χ2n) is 28.3. The van der Waals surface area contributed by atoms with Crippen LogP contribution in [0.3, 0.4) is 0 Å². The van der Waals surface area contributed by atoms with E-state index in [2.05, 4.69) is 160 Å². The molecule has 0 aromatic heterocycles. The molecule has 0 radical (unpaired) electrons. The van der Waals surface area contributed by atoms with Gasteiger partial charge in [-0.2, -0.15) is 0 Å². The van der Waals surface area contributed by atoms with Gasteiger partial charge in [0.25, 0.3) is 6.29 Å². The molecule has 0 saturated heterocycles. The monoisotopic (exact) mass is 1380 g/mol. The molecule has 9 nitrogen and oxygen atoms in total. The van der Waals surface area contributed by atoms with Crippen LogP contribution in [0.15, 0.2) is 146 Å². The van der Waals surface area contributed by atoms with Crippen molar-refractivity contribution in [2.45, 2.75) is 360 Å². The van der Waals surface area contributed by atoms with Gasteiger partial charge in [-0.15, -0.1) is 0 Å². The Bertz CT molecular complexity index is 2150. The average Bonchev–Trinajstić information content (AvgIpc) is 1.16. The van der Waals surface area contributed by atoms with Gasteiger partial charge in [0.1, 0.15) is 13.2 Å². The molecule has 99 heavy (non-hydrogen) atoms. The van der Waals surface area contributed by atoms with Crippen LogP contribution in [0.5, 0.6) is 0 Å². The summed E-state index contributed by atoms with van der Waals surface area (Å²) in [4.78, 5) is 37.7. The summed E-state index contributed by atoms with van der Waals surface area (Å²) in [5.41, 5.74) is 0. The Balaban J connectivity index is 4.08. The van der Waals surface area contributed by atoms with Crippen molar-refractivity contribution in [1.82, 2.24) is 0 Å². The van der Waals surface area contributed by atoms with E-state index >= 15 is 0 Å². The number of nitrogens with zero attached hydrogens (tertiary/aromatic N) is 1. The number of aliphatic carboxylic acids is 1. The first kappa shape index (κ1) is 94.2. The van der Waals surface area contributed by atoms with Gasteiger partial charge in [-0.25, -0.2) is 4.79 Å². The maximum absolute atomic E-state index is 13.0. The summed E-state index contributed by atoms with van der Waals surface area (Å²) in [6, 6.07) is 0. The Labute approximate surface area is 611 Å². The zero-order valence-corrected chi connectivity index (χ0v) is 64.9. The molecular formula is C90H154NO8+. The number of esters is 2. The second kappa shape index (κ2) is 78.9. The summed E-state index contributed by atoms with van der Waals surface area (Å²) in [6.45, 7) is 4.74. The third kappa shape index (κ3) is 80.4. The van der Waals surface area contributed by atoms with Crippen molar-refractivity contribution in [3.63, 3.8) is 0 Å². The Morgan fingerprint density at radius 2 is 0.576 bits per heavy atom. The van der Waals surface area contributed by atoms with Gasteiger partial charge in [0.15, 0.2) is 6.10 Å². The van der Waals surface area contributed by atoms with E-state index in [0.29, 0.717) is 23.9 Å². The summed E-state index contributed by atoms with van der Waals surface area (Å²) < 4.78 is 23.0. The first-order chi connectivity index (χ1) is 48.6. The first-order valence-corrected chi connectivity index (χ1v) is 41.0. The third-order valence-electron chi connectivity index (χ3n) is 17.6. The van der Waals surface area contributed by atoms with Gasteiger partial charge >= 0.3 is 17.9 Å². The number of carbonyl (C=O) groups excluding carboxylic acids is 2. The molecule has 0 aromatic carbocycles. The van der Waals surface area contributed by atoms with Gasteiger partial charge in [0.2, 0.25) is 0 Å². The number of ether oxygens (including phenoxy) is 4. The molecular weight excluding hydrogens is 1220 g/mol. The van der Waals surface area contributed by atoms with Gasteiger partial charge in [-0.1, -0.05) is 359 Å². The quantitative estimate of drug-likeness (QED) is 0.0211. The number of carboxylic acid groups (broad SMARTS) is 1. The minimum atomic E-state index is -1.53. The van der Waals surface area contributed by atoms with Crippen LogP contribution in [-0.2, 0) is 33.3 Å². The average molecular weight is 1380 g/mol. The van der Waals surface area contributed by atoms with E-state index in [9.17, 15) is 19.5 Å². The van der Waals surface area contributed by atoms with Gasteiger partial charge in [0, 0.05) is 12.8 Å². The number of carboxylic acids is 1. The molecule has 0 aliphatic rings. The smallest absolute Gasteiger partial charge is 0.361 e. The molecule has 2 unspecified atom stereocenters. The Kier molecular flexibility index (Phi) is 75.0. The maximum atomic E-state index is 13.0. The molecule has 0 rings (SSSR count). The van der Waals surface area contributed by atoms with Crippen LogP contribution in [-0.4, -0.2) is 87.4 Å². The van der Waals surface area contributed by atoms with Crippen LogP contribution < -0.4 is 0 Å². The zero-order valence-electron chi connectivity index (χ0n) is 64.9. The fraction of sp³-hybridized carbons (Fsp3) is 0.700. The van der Waals surface area contributed by atoms with Crippen molar-refractivity contribution in [3.8, 4) is 0 Å². The van der Waals surface area contributed by atoms with Crippen molar-refractivity contribution >= 4 is 17.9 Å². The van der Waals surface area contributed by atoms with E-state index in [1.54, 1.807) is 0 Å². The molecule has 9 heteroatoms. The van der Waals surface area contributed by atoms with Crippen LogP contribution in [0.4, 0.5) is 0 Å². The van der Waals surface area contributed by atoms with Crippen LogP contribution in [0, 0.1) is 0 Å². The van der Waals surface area contributed by atoms with Crippen molar-refractivity contribution in [2.75, 3.05) is 47.5 Å². The van der Waals surface area contributed by atoms with Crippen molar-refractivity contribution in [1.29, 1.82) is 0 Å². The van der Waals surface area contributed by atoms with Crippen LogP contribution in [0.1, 0.15) is 348 Å². The Morgan fingerprint density at radius 3 is 0.859 bits per heavy atom. The predicted molar refractivity (Wildman–Crippen MR) is 428 cm³/mol. The summed E-state index contributed by atoms with van der Waals surface area (Å²) in [6.07, 6.45) is 113. The predicted octanol–water partition coefficient (Wildman–Crippen LogP) is 26.6. The highest BCUT2D eigenvalue weighted by atomic mass is 16.7. The molecule has 0 heterocycles.